The van der Waals surface area contributed by atoms with E-state index in [9.17, 15) is 4.79 Å². The number of aliphatic hydroxyl groups is 1. The molecule has 0 radical (unpaired) electrons. The SMILES string of the molecule is CC(=O)COC(C)(C)O. The maximum atomic E-state index is 10.3. The van der Waals surface area contributed by atoms with E-state index in [1.807, 2.05) is 0 Å². The number of hydrogen-bond donors (Lipinski definition) is 1. The second kappa shape index (κ2) is 2.94. The van der Waals surface area contributed by atoms with E-state index in [-0.39, 0.29) is 12.4 Å². The van der Waals surface area contributed by atoms with Crippen molar-refractivity contribution in [1.82, 2.24) is 0 Å². The highest BCUT2D eigenvalue weighted by Crippen LogP contribution is 2.01. The predicted molar refractivity (Wildman–Crippen MR) is 32.9 cm³/mol. The van der Waals surface area contributed by atoms with Crippen molar-refractivity contribution in [1.29, 1.82) is 0 Å². The fourth-order valence-corrected chi connectivity index (χ4v) is 0.278. The van der Waals surface area contributed by atoms with Crippen LogP contribution < -0.4 is 0 Å². The lowest BCUT2D eigenvalue weighted by atomic mass is 10.4. The fraction of sp³-hybridized carbons (Fsp3) is 0.833. The Balaban J connectivity index is 3.39. The maximum Gasteiger partial charge on any atom is 0.160 e. The molecular formula is C6H12O3. The molecule has 0 saturated carbocycles. The number of hydrogen-bond acceptors (Lipinski definition) is 3. The normalized spacial score (nSPS) is 11.6. The minimum Gasteiger partial charge on any atom is -0.366 e. The summed E-state index contributed by atoms with van der Waals surface area (Å²) in [7, 11) is 0. The van der Waals surface area contributed by atoms with E-state index in [1.165, 1.54) is 20.8 Å². The highest BCUT2D eigenvalue weighted by atomic mass is 16.6. The summed E-state index contributed by atoms with van der Waals surface area (Å²) in [5, 5.41) is 8.89. The zero-order valence-electron chi connectivity index (χ0n) is 5.97. The maximum absolute atomic E-state index is 10.3. The number of carbonyl (C=O) groups excluding carboxylic acids is 1. The van der Waals surface area contributed by atoms with Gasteiger partial charge in [0.2, 0.25) is 0 Å². The molecule has 0 aromatic carbocycles. The van der Waals surface area contributed by atoms with Crippen LogP contribution in [0.5, 0.6) is 0 Å². The van der Waals surface area contributed by atoms with Gasteiger partial charge in [0.25, 0.3) is 0 Å². The first-order valence-corrected chi connectivity index (χ1v) is 2.77. The van der Waals surface area contributed by atoms with Gasteiger partial charge in [-0.15, -0.1) is 0 Å². The van der Waals surface area contributed by atoms with Crippen LogP contribution in [0, 0.1) is 0 Å². The van der Waals surface area contributed by atoms with Gasteiger partial charge in [-0.2, -0.15) is 0 Å². The summed E-state index contributed by atoms with van der Waals surface area (Å²) in [6.45, 7) is 4.35. The van der Waals surface area contributed by atoms with Crippen molar-refractivity contribution >= 4 is 5.78 Å². The van der Waals surface area contributed by atoms with Gasteiger partial charge in [-0.25, -0.2) is 0 Å². The average molecular weight is 132 g/mol. The van der Waals surface area contributed by atoms with Crippen LogP contribution >= 0.6 is 0 Å². The minimum atomic E-state index is -1.19. The Bertz CT molecular complexity index is 101. The van der Waals surface area contributed by atoms with Crippen molar-refractivity contribution < 1.29 is 14.6 Å². The van der Waals surface area contributed by atoms with Gasteiger partial charge >= 0.3 is 0 Å². The molecule has 9 heavy (non-hydrogen) atoms. The Kier molecular flexibility index (Phi) is 2.81. The molecule has 54 valence electrons. The highest BCUT2D eigenvalue weighted by Gasteiger charge is 2.12. The summed E-state index contributed by atoms with van der Waals surface area (Å²) < 4.78 is 4.70. The molecule has 0 aromatic rings. The molecule has 1 N–H and O–H groups in total. The number of ketones is 1. The number of carbonyl (C=O) groups is 1. The molecule has 0 rings (SSSR count). The lowest BCUT2D eigenvalue weighted by molar-refractivity contribution is -0.179. The van der Waals surface area contributed by atoms with Gasteiger partial charge in [-0.05, 0) is 20.8 Å². The number of Topliss-reactive ketones (excluding diaryl/α,β-unsaturated/α-hetero) is 1. The smallest absolute Gasteiger partial charge is 0.160 e. The third-order valence-electron chi connectivity index (χ3n) is 0.629. The lowest BCUT2D eigenvalue weighted by Crippen LogP contribution is -2.25. The molecule has 0 aliphatic rings. The third-order valence-corrected chi connectivity index (χ3v) is 0.629. The molecule has 3 nitrogen and oxygen atoms in total. The third kappa shape index (κ3) is 7.59. The van der Waals surface area contributed by atoms with Crippen LogP contribution in [0.1, 0.15) is 20.8 Å². The summed E-state index contributed by atoms with van der Waals surface area (Å²) in [5.74, 6) is -1.27. The molecule has 0 saturated heterocycles. The van der Waals surface area contributed by atoms with E-state index in [0.717, 1.165) is 0 Å². The van der Waals surface area contributed by atoms with Crippen LogP contribution in [-0.2, 0) is 9.53 Å². The Hall–Kier alpha value is -0.410. The largest absolute Gasteiger partial charge is 0.366 e. The van der Waals surface area contributed by atoms with Gasteiger partial charge in [0.1, 0.15) is 6.61 Å². The van der Waals surface area contributed by atoms with Crippen LogP contribution in [-0.4, -0.2) is 23.3 Å². The first-order chi connectivity index (χ1) is 3.92. The van der Waals surface area contributed by atoms with Crippen molar-refractivity contribution in [3.05, 3.63) is 0 Å². The standard InChI is InChI=1S/C6H12O3/c1-5(7)4-9-6(2,3)8/h8H,4H2,1-3H3. The van der Waals surface area contributed by atoms with Gasteiger partial charge in [-0.3, -0.25) is 4.79 Å². The molecule has 0 aliphatic heterocycles. The molecule has 0 bridgehead atoms. The first-order valence-electron chi connectivity index (χ1n) is 2.77. The van der Waals surface area contributed by atoms with E-state index < -0.39 is 5.79 Å². The summed E-state index contributed by atoms with van der Waals surface area (Å²) in [6.07, 6.45) is 0. The predicted octanol–water partition coefficient (Wildman–Crippen LogP) is 0.320. The van der Waals surface area contributed by atoms with E-state index in [4.69, 9.17) is 9.84 Å². The topological polar surface area (TPSA) is 46.5 Å². The molecule has 0 amide bonds. The molecule has 0 spiro atoms. The Labute approximate surface area is 54.6 Å². The second-order valence-corrected chi connectivity index (χ2v) is 2.44. The molecule has 0 atom stereocenters. The van der Waals surface area contributed by atoms with Gasteiger partial charge < -0.3 is 9.84 Å². The van der Waals surface area contributed by atoms with Crippen molar-refractivity contribution in [2.24, 2.45) is 0 Å². The Morgan fingerprint density at radius 3 is 2.22 bits per heavy atom. The van der Waals surface area contributed by atoms with Crippen LogP contribution in [0.15, 0.2) is 0 Å². The van der Waals surface area contributed by atoms with Crippen LogP contribution in [0.3, 0.4) is 0 Å². The van der Waals surface area contributed by atoms with E-state index in [2.05, 4.69) is 0 Å². The minimum absolute atomic E-state index is 0.0243. The van der Waals surface area contributed by atoms with Crippen LogP contribution in [0.4, 0.5) is 0 Å². The quantitative estimate of drug-likeness (QED) is 0.562. The molecule has 0 unspecified atom stereocenters. The molecule has 0 heterocycles. The summed E-state index contributed by atoms with van der Waals surface area (Å²) >= 11 is 0. The number of ether oxygens (including phenoxy) is 1. The first kappa shape index (κ1) is 8.59. The summed E-state index contributed by atoms with van der Waals surface area (Å²) in [4.78, 5) is 10.3. The van der Waals surface area contributed by atoms with Crippen molar-refractivity contribution in [3.63, 3.8) is 0 Å². The van der Waals surface area contributed by atoms with Crippen molar-refractivity contribution in [3.8, 4) is 0 Å². The molecule has 3 heteroatoms. The molecule has 0 aromatic heterocycles. The van der Waals surface area contributed by atoms with Crippen LogP contribution in [0.25, 0.3) is 0 Å². The zero-order chi connectivity index (χ0) is 7.49. The second-order valence-electron chi connectivity index (χ2n) is 2.44. The van der Waals surface area contributed by atoms with Gasteiger partial charge in [0.15, 0.2) is 11.6 Å². The molecule has 0 fully saturated rings. The van der Waals surface area contributed by atoms with Crippen molar-refractivity contribution in [2.75, 3.05) is 6.61 Å². The monoisotopic (exact) mass is 132 g/mol. The Morgan fingerprint density at radius 2 is 2.11 bits per heavy atom. The van der Waals surface area contributed by atoms with Gasteiger partial charge in [0.05, 0.1) is 0 Å². The molecule has 0 aliphatic carbocycles. The van der Waals surface area contributed by atoms with Gasteiger partial charge in [-0.1, -0.05) is 0 Å². The fourth-order valence-electron chi connectivity index (χ4n) is 0.278. The summed E-state index contributed by atoms with van der Waals surface area (Å²) in [6, 6.07) is 0. The van der Waals surface area contributed by atoms with E-state index in [1.54, 1.807) is 0 Å². The lowest BCUT2D eigenvalue weighted by Gasteiger charge is -2.16. The number of rotatable bonds is 3. The Morgan fingerprint density at radius 1 is 1.67 bits per heavy atom. The van der Waals surface area contributed by atoms with Gasteiger partial charge in [0, 0.05) is 0 Å². The van der Waals surface area contributed by atoms with Crippen molar-refractivity contribution in [2.45, 2.75) is 26.6 Å². The molecular weight excluding hydrogens is 120 g/mol. The summed E-state index contributed by atoms with van der Waals surface area (Å²) in [5.41, 5.74) is 0. The van der Waals surface area contributed by atoms with E-state index in [0.29, 0.717) is 0 Å². The highest BCUT2D eigenvalue weighted by molar-refractivity contribution is 5.76. The zero-order valence-corrected chi connectivity index (χ0v) is 5.97. The average Bonchev–Trinajstić information content (AvgIpc) is 1.59. The van der Waals surface area contributed by atoms with E-state index >= 15 is 0 Å². The van der Waals surface area contributed by atoms with Crippen LogP contribution in [0.2, 0.25) is 0 Å².